The minimum atomic E-state index is -0.447. The smallest absolute Gasteiger partial charge is 0.167 e. The van der Waals surface area contributed by atoms with Gasteiger partial charge in [0.05, 0.1) is 28.4 Å². The summed E-state index contributed by atoms with van der Waals surface area (Å²) in [4.78, 5) is 3.06. The predicted molar refractivity (Wildman–Crippen MR) is 88.0 cm³/mol. The van der Waals surface area contributed by atoms with Crippen molar-refractivity contribution >= 4 is 34.3 Å². The Labute approximate surface area is 133 Å². The van der Waals surface area contributed by atoms with E-state index < -0.39 is 5.82 Å². The van der Waals surface area contributed by atoms with Gasteiger partial charge < -0.3 is 15.4 Å². The molecule has 21 heavy (non-hydrogen) atoms. The van der Waals surface area contributed by atoms with Gasteiger partial charge in [-0.2, -0.15) is 0 Å². The van der Waals surface area contributed by atoms with Gasteiger partial charge in [-0.05, 0) is 26.0 Å². The normalized spacial score (nSPS) is 11.0. The molecule has 0 aliphatic heterocycles. The molecule has 114 valence electrons. The molecule has 1 heterocycles. The summed E-state index contributed by atoms with van der Waals surface area (Å²) >= 11 is 7.44. The molecule has 1 aromatic heterocycles. The summed E-state index contributed by atoms with van der Waals surface area (Å²) in [6.45, 7) is 4.36. The number of nitrogens with zero attached hydrogens (tertiary/aromatic N) is 1. The highest BCUT2D eigenvalue weighted by Gasteiger charge is 2.14. The molecule has 0 fully saturated rings. The van der Waals surface area contributed by atoms with Crippen molar-refractivity contribution in [1.82, 2.24) is 0 Å². The number of benzene rings is 1. The van der Waals surface area contributed by atoms with Crippen molar-refractivity contribution < 1.29 is 9.13 Å². The van der Waals surface area contributed by atoms with Crippen LogP contribution in [0.3, 0.4) is 0 Å². The topological polar surface area (TPSA) is 38.5 Å². The van der Waals surface area contributed by atoms with Gasteiger partial charge in [-0.25, -0.2) is 4.39 Å². The van der Waals surface area contributed by atoms with Gasteiger partial charge in [0.15, 0.2) is 11.6 Å². The van der Waals surface area contributed by atoms with E-state index in [0.717, 1.165) is 14.9 Å². The van der Waals surface area contributed by atoms with Gasteiger partial charge in [-0.1, -0.05) is 11.6 Å². The highest BCUT2D eigenvalue weighted by atomic mass is 35.5. The molecule has 2 aromatic rings. The standard InChI is InChI=1S/C15H18ClFN2OS/c1-9(2)20-14-7-13(12(18)6-11(14)17)19(3)8-10-4-5-15(16)21-10/h4-7,9H,8,18H2,1-3H3. The molecule has 6 heteroatoms. The minimum Gasteiger partial charge on any atom is -0.488 e. The quantitative estimate of drug-likeness (QED) is 0.818. The monoisotopic (exact) mass is 328 g/mol. The van der Waals surface area contributed by atoms with E-state index in [1.54, 1.807) is 6.07 Å². The summed E-state index contributed by atoms with van der Waals surface area (Å²) in [6.07, 6.45) is -0.0996. The van der Waals surface area contributed by atoms with Gasteiger partial charge in [0.25, 0.3) is 0 Å². The molecule has 0 spiro atoms. The fraction of sp³-hybridized carbons (Fsp3) is 0.333. The number of hydrogen-bond acceptors (Lipinski definition) is 4. The summed E-state index contributed by atoms with van der Waals surface area (Å²) in [5.74, 6) is -0.234. The van der Waals surface area contributed by atoms with E-state index in [2.05, 4.69) is 0 Å². The third-order valence-electron chi connectivity index (χ3n) is 2.88. The fourth-order valence-corrected chi connectivity index (χ4v) is 3.13. The van der Waals surface area contributed by atoms with E-state index in [1.165, 1.54) is 17.4 Å². The van der Waals surface area contributed by atoms with Crippen LogP contribution in [-0.2, 0) is 6.54 Å². The molecule has 0 bridgehead atoms. The van der Waals surface area contributed by atoms with E-state index >= 15 is 0 Å². The molecule has 0 aliphatic carbocycles. The fourth-order valence-electron chi connectivity index (χ4n) is 1.99. The number of anilines is 2. The second kappa shape index (κ2) is 6.54. The predicted octanol–water partition coefficient (Wildman–Crippen LogP) is 4.55. The van der Waals surface area contributed by atoms with Crippen molar-refractivity contribution in [3.63, 3.8) is 0 Å². The van der Waals surface area contributed by atoms with Crippen LogP contribution in [0.15, 0.2) is 24.3 Å². The van der Waals surface area contributed by atoms with Crippen molar-refractivity contribution in [1.29, 1.82) is 0 Å². The Balaban J connectivity index is 2.25. The third kappa shape index (κ3) is 4.02. The molecular formula is C15H18ClFN2OS. The van der Waals surface area contributed by atoms with E-state index in [-0.39, 0.29) is 11.9 Å². The number of nitrogen functional groups attached to an aromatic ring is 1. The maximum Gasteiger partial charge on any atom is 0.167 e. The lowest BCUT2D eigenvalue weighted by molar-refractivity contribution is 0.231. The first kappa shape index (κ1) is 15.9. The molecular weight excluding hydrogens is 311 g/mol. The largest absolute Gasteiger partial charge is 0.488 e. The van der Waals surface area contributed by atoms with E-state index in [1.807, 2.05) is 37.9 Å². The first-order valence-electron chi connectivity index (χ1n) is 6.58. The third-order valence-corrected chi connectivity index (χ3v) is 4.09. The van der Waals surface area contributed by atoms with Gasteiger partial charge in [-0.3, -0.25) is 0 Å². The number of rotatable bonds is 5. The number of hydrogen-bond donors (Lipinski definition) is 1. The molecule has 0 saturated heterocycles. The van der Waals surface area contributed by atoms with Crippen molar-refractivity contribution in [2.24, 2.45) is 0 Å². The second-order valence-corrected chi connectivity index (χ2v) is 6.87. The van der Waals surface area contributed by atoms with Gasteiger partial charge in [0.2, 0.25) is 0 Å². The van der Waals surface area contributed by atoms with E-state index in [9.17, 15) is 4.39 Å². The van der Waals surface area contributed by atoms with Crippen LogP contribution in [-0.4, -0.2) is 13.2 Å². The molecule has 0 amide bonds. The maximum absolute atomic E-state index is 13.8. The van der Waals surface area contributed by atoms with Crippen LogP contribution in [0.25, 0.3) is 0 Å². The Hall–Kier alpha value is -1.46. The maximum atomic E-state index is 13.8. The molecule has 1 aromatic carbocycles. The van der Waals surface area contributed by atoms with Crippen molar-refractivity contribution in [2.75, 3.05) is 17.7 Å². The number of halogens is 2. The average Bonchev–Trinajstić information content (AvgIpc) is 2.77. The molecule has 0 unspecified atom stereocenters. The number of nitrogens with two attached hydrogens (primary N) is 1. The number of thiophene rings is 1. The zero-order chi connectivity index (χ0) is 15.6. The van der Waals surface area contributed by atoms with Gasteiger partial charge >= 0.3 is 0 Å². The Morgan fingerprint density at radius 2 is 2.10 bits per heavy atom. The molecule has 0 aliphatic rings. The van der Waals surface area contributed by atoms with Crippen LogP contribution >= 0.6 is 22.9 Å². The zero-order valence-corrected chi connectivity index (χ0v) is 13.8. The minimum absolute atomic E-state index is 0.0996. The first-order valence-corrected chi connectivity index (χ1v) is 7.77. The van der Waals surface area contributed by atoms with Gasteiger partial charge in [0.1, 0.15) is 0 Å². The first-order chi connectivity index (χ1) is 9.86. The van der Waals surface area contributed by atoms with Crippen molar-refractivity contribution in [3.8, 4) is 5.75 Å². The lowest BCUT2D eigenvalue weighted by Crippen LogP contribution is -2.18. The van der Waals surface area contributed by atoms with Gasteiger partial charge in [-0.15, -0.1) is 11.3 Å². The Morgan fingerprint density at radius 1 is 1.38 bits per heavy atom. The lowest BCUT2D eigenvalue weighted by Gasteiger charge is -2.22. The summed E-state index contributed by atoms with van der Waals surface area (Å²) in [7, 11) is 1.90. The van der Waals surface area contributed by atoms with Crippen LogP contribution in [0.4, 0.5) is 15.8 Å². The second-order valence-electron chi connectivity index (χ2n) is 5.07. The average molecular weight is 329 g/mol. The van der Waals surface area contributed by atoms with Crippen molar-refractivity contribution in [3.05, 3.63) is 39.3 Å². The summed E-state index contributed by atoms with van der Waals surface area (Å²) in [6, 6.07) is 6.76. The highest BCUT2D eigenvalue weighted by Crippen LogP contribution is 2.33. The zero-order valence-electron chi connectivity index (χ0n) is 12.2. The summed E-state index contributed by atoms with van der Waals surface area (Å²) < 4.78 is 20.1. The van der Waals surface area contributed by atoms with Crippen LogP contribution in [0.1, 0.15) is 18.7 Å². The van der Waals surface area contributed by atoms with Crippen LogP contribution < -0.4 is 15.4 Å². The summed E-state index contributed by atoms with van der Waals surface area (Å²) in [5.41, 5.74) is 7.04. The number of ether oxygens (including phenoxy) is 1. The van der Waals surface area contributed by atoms with Crippen molar-refractivity contribution in [2.45, 2.75) is 26.5 Å². The van der Waals surface area contributed by atoms with Gasteiger partial charge in [0, 0.05) is 24.1 Å². The van der Waals surface area contributed by atoms with Crippen LogP contribution in [0.2, 0.25) is 4.34 Å². The Morgan fingerprint density at radius 3 is 2.67 bits per heavy atom. The molecule has 0 atom stereocenters. The lowest BCUT2D eigenvalue weighted by atomic mass is 10.2. The molecule has 3 nitrogen and oxygen atoms in total. The van der Waals surface area contributed by atoms with E-state index in [0.29, 0.717) is 12.2 Å². The van der Waals surface area contributed by atoms with E-state index in [4.69, 9.17) is 22.1 Å². The Bertz CT molecular complexity index is 630. The van der Waals surface area contributed by atoms with Crippen LogP contribution in [0.5, 0.6) is 5.75 Å². The SMILES string of the molecule is CC(C)Oc1cc(N(C)Cc2ccc(Cl)s2)c(N)cc1F. The Kier molecular flexibility index (Phi) is 4.96. The molecule has 0 radical (unpaired) electrons. The molecule has 2 N–H and O–H groups in total. The molecule has 2 rings (SSSR count). The van der Waals surface area contributed by atoms with Crippen LogP contribution in [0, 0.1) is 5.82 Å². The highest BCUT2D eigenvalue weighted by molar-refractivity contribution is 7.16. The summed E-state index contributed by atoms with van der Waals surface area (Å²) in [5, 5.41) is 0. The molecule has 0 saturated carbocycles.